The molecule has 0 fully saturated rings. The summed E-state index contributed by atoms with van der Waals surface area (Å²) in [6.45, 7) is 4.92. The van der Waals surface area contributed by atoms with Crippen LogP contribution in [0, 0.1) is 5.41 Å². The fourth-order valence-electron chi connectivity index (χ4n) is 0.564. The van der Waals surface area contributed by atoms with Crippen molar-refractivity contribution in [1.82, 2.24) is 0 Å². The second-order valence-electron chi connectivity index (χ2n) is 3.67. The second kappa shape index (κ2) is 8.68. The fourth-order valence-corrected chi connectivity index (χ4v) is 0.564. The molecule has 0 radical (unpaired) electrons. The van der Waals surface area contributed by atoms with Crippen LogP contribution in [-0.4, -0.2) is 35.5 Å². The highest BCUT2D eigenvalue weighted by molar-refractivity contribution is 5.75. The molecule has 0 amide bonds. The van der Waals surface area contributed by atoms with Crippen LogP contribution in [0.1, 0.15) is 42.0 Å². The van der Waals surface area contributed by atoms with Gasteiger partial charge in [0.05, 0.1) is 12.0 Å². The van der Waals surface area contributed by atoms with E-state index in [9.17, 15) is 4.79 Å². The summed E-state index contributed by atoms with van der Waals surface area (Å²) in [5, 5.41) is 17.4. The van der Waals surface area contributed by atoms with E-state index >= 15 is 0 Å². The van der Waals surface area contributed by atoms with Gasteiger partial charge in [0.15, 0.2) is 0 Å². The number of carbonyl (C=O) groups excluding carboxylic acids is 1. The molecule has 4 heteroatoms. The van der Waals surface area contributed by atoms with Crippen LogP contribution in [0.2, 0.25) is 0 Å². The Morgan fingerprint density at radius 3 is 2.20 bits per heavy atom. The summed E-state index contributed by atoms with van der Waals surface area (Å²) < 4.78 is 4.80. The van der Waals surface area contributed by atoms with Crippen molar-refractivity contribution in [2.75, 3.05) is 13.2 Å². The smallest absolute Gasteiger partial charge is 0.311 e. The van der Waals surface area contributed by atoms with Crippen molar-refractivity contribution in [2.45, 2.75) is 48.1 Å². The van der Waals surface area contributed by atoms with E-state index < -0.39 is 11.5 Å². The van der Waals surface area contributed by atoms with E-state index in [-0.39, 0.29) is 34.0 Å². The normalized spacial score (nSPS) is 12.1. The predicted octanol–water partition coefficient (Wildman–Crippen LogP) is 1.59. The molecule has 0 saturated carbocycles. The highest BCUT2D eigenvalue weighted by Crippen LogP contribution is 2.21. The summed E-state index contributed by atoms with van der Waals surface area (Å²) in [5.74, 6) is -0.345. The lowest BCUT2D eigenvalue weighted by Crippen LogP contribution is -2.30. The van der Waals surface area contributed by atoms with Crippen LogP contribution < -0.4 is 0 Å². The average Bonchev–Trinajstić information content (AvgIpc) is 2.13. The molecule has 0 heterocycles. The quantitative estimate of drug-likeness (QED) is 0.693. The summed E-state index contributed by atoms with van der Waals surface area (Å²) in [4.78, 5) is 11.3. The molecule has 2 N–H and O–H groups in total. The summed E-state index contributed by atoms with van der Waals surface area (Å²) in [7, 11) is 0. The van der Waals surface area contributed by atoms with Gasteiger partial charge in [-0.2, -0.15) is 0 Å². The van der Waals surface area contributed by atoms with Gasteiger partial charge in [-0.1, -0.05) is 21.8 Å². The van der Waals surface area contributed by atoms with Crippen LogP contribution in [0.4, 0.5) is 0 Å². The number of esters is 1. The maximum Gasteiger partial charge on any atom is 0.311 e. The summed E-state index contributed by atoms with van der Waals surface area (Å²) in [6.07, 6.45) is -0.294. The topological polar surface area (TPSA) is 66.8 Å². The monoisotopic (exact) mass is 222 g/mol. The number of hydrogen-bond donors (Lipinski definition) is 2. The molecule has 0 aromatic rings. The maximum absolute atomic E-state index is 11.3. The van der Waals surface area contributed by atoms with Crippen LogP contribution in [0.5, 0.6) is 0 Å². The Morgan fingerprint density at radius 2 is 1.87 bits per heavy atom. The van der Waals surface area contributed by atoms with Crippen LogP contribution in [0.15, 0.2) is 0 Å². The molecule has 4 nitrogen and oxygen atoms in total. The lowest BCUT2D eigenvalue weighted by atomic mass is 9.91. The van der Waals surface area contributed by atoms with Crippen molar-refractivity contribution < 1.29 is 19.7 Å². The molecule has 0 spiro atoms. The molecule has 0 bridgehead atoms. The van der Waals surface area contributed by atoms with Crippen molar-refractivity contribution in [3.63, 3.8) is 0 Å². The van der Waals surface area contributed by atoms with Crippen molar-refractivity contribution in [3.8, 4) is 0 Å². The van der Waals surface area contributed by atoms with E-state index in [0.29, 0.717) is 6.42 Å². The molecular weight excluding hydrogens is 196 g/mol. The van der Waals surface area contributed by atoms with Gasteiger partial charge in [0.1, 0.15) is 12.7 Å². The highest BCUT2D eigenvalue weighted by Gasteiger charge is 2.27. The Morgan fingerprint density at radius 1 is 1.40 bits per heavy atom. The lowest BCUT2D eigenvalue weighted by Gasteiger charge is -2.21. The van der Waals surface area contributed by atoms with Gasteiger partial charge in [0.25, 0.3) is 0 Å². The Hall–Kier alpha value is -0.610. The van der Waals surface area contributed by atoms with E-state index in [4.69, 9.17) is 14.9 Å². The molecule has 0 aromatic heterocycles. The van der Waals surface area contributed by atoms with Crippen LogP contribution >= 0.6 is 0 Å². The average molecular weight is 222 g/mol. The zero-order valence-corrected chi connectivity index (χ0v) is 8.41. The minimum Gasteiger partial charge on any atom is -0.462 e. The fraction of sp³-hybridized carbons (Fsp3) is 0.909. The predicted molar refractivity (Wildman–Crippen MR) is 61.6 cm³/mol. The van der Waals surface area contributed by atoms with E-state index in [2.05, 4.69) is 0 Å². The van der Waals surface area contributed by atoms with Crippen molar-refractivity contribution in [1.29, 1.82) is 0 Å². The zero-order chi connectivity index (χ0) is 10.5. The first-order valence-corrected chi connectivity index (χ1v) is 4.40. The molecule has 1 atom stereocenters. The standard InChI is InChI=1S/C9H18O4.2CH4/c1-4-9(2,3)8(12)13-6-7(11)5-10;;/h7,10-11H,4-6H2,1-3H3;2*1H4. The summed E-state index contributed by atoms with van der Waals surface area (Å²) >= 11 is 0. The number of rotatable bonds is 5. The molecule has 0 saturated heterocycles. The van der Waals surface area contributed by atoms with Gasteiger partial charge >= 0.3 is 5.97 Å². The molecule has 1 unspecified atom stereocenters. The van der Waals surface area contributed by atoms with Gasteiger partial charge in [0, 0.05) is 0 Å². The largest absolute Gasteiger partial charge is 0.462 e. The van der Waals surface area contributed by atoms with E-state index in [1.807, 2.05) is 6.92 Å². The van der Waals surface area contributed by atoms with E-state index in [1.54, 1.807) is 13.8 Å². The van der Waals surface area contributed by atoms with Crippen molar-refractivity contribution >= 4 is 5.97 Å². The number of carbonyl (C=O) groups is 1. The first kappa shape index (κ1) is 19.9. The molecular formula is C11H26O4. The molecule has 15 heavy (non-hydrogen) atoms. The highest BCUT2D eigenvalue weighted by atomic mass is 16.5. The Balaban J connectivity index is -0.000000720. The van der Waals surface area contributed by atoms with E-state index in [1.165, 1.54) is 0 Å². The summed E-state index contributed by atoms with van der Waals surface area (Å²) in [5.41, 5.74) is -0.519. The number of aliphatic hydroxyl groups is 2. The van der Waals surface area contributed by atoms with Gasteiger partial charge in [-0.3, -0.25) is 4.79 Å². The van der Waals surface area contributed by atoms with Crippen molar-refractivity contribution in [2.24, 2.45) is 5.41 Å². The minimum atomic E-state index is -0.975. The van der Waals surface area contributed by atoms with Gasteiger partial charge < -0.3 is 14.9 Å². The number of hydrogen-bond acceptors (Lipinski definition) is 4. The SMILES string of the molecule is C.C.CCC(C)(C)C(=O)OCC(O)CO. The Kier molecular flexibility index (Phi) is 11.5. The first-order chi connectivity index (χ1) is 5.94. The first-order valence-electron chi connectivity index (χ1n) is 4.40. The lowest BCUT2D eigenvalue weighted by molar-refractivity contribution is -0.157. The van der Waals surface area contributed by atoms with Crippen LogP contribution in [0.25, 0.3) is 0 Å². The van der Waals surface area contributed by atoms with Gasteiger partial charge in [-0.05, 0) is 20.3 Å². The minimum absolute atomic E-state index is 0. The third kappa shape index (κ3) is 7.33. The molecule has 0 aliphatic rings. The summed E-state index contributed by atoms with van der Waals surface area (Å²) in [6, 6.07) is 0. The van der Waals surface area contributed by atoms with E-state index in [0.717, 1.165) is 0 Å². The number of aliphatic hydroxyl groups excluding tert-OH is 2. The zero-order valence-electron chi connectivity index (χ0n) is 8.41. The number of ether oxygens (including phenoxy) is 1. The molecule has 0 aliphatic heterocycles. The maximum atomic E-state index is 11.3. The van der Waals surface area contributed by atoms with Crippen LogP contribution in [0.3, 0.4) is 0 Å². The van der Waals surface area contributed by atoms with Gasteiger partial charge in [-0.15, -0.1) is 0 Å². The van der Waals surface area contributed by atoms with Gasteiger partial charge in [0.2, 0.25) is 0 Å². The van der Waals surface area contributed by atoms with Crippen LogP contribution in [-0.2, 0) is 9.53 Å². The second-order valence-corrected chi connectivity index (χ2v) is 3.67. The molecule has 0 aliphatic carbocycles. The third-order valence-electron chi connectivity index (χ3n) is 2.05. The Bertz CT molecular complexity index is 166. The van der Waals surface area contributed by atoms with Gasteiger partial charge in [-0.25, -0.2) is 0 Å². The molecule has 0 aromatic carbocycles. The molecule has 0 rings (SSSR count). The Labute approximate surface area is 93.3 Å². The molecule has 94 valence electrons. The van der Waals surface area contributed by atoms with Crippen molar-refractivity contribution in [3.05, 3.63) is 0 Å². The third-order valence-corrected chi connectivity index (χ3v) is 2.05.